The van der Waals surface area contributed by atoms with Crippen LogP contribution in [0.25, 0.3) is 0 Å². The maximum Gasteiger partial charge on any atom is 0.310 e. The van der Waals surface area contributed by atoms with Gasteiger partial charge in [0.2, 0.25) is 0 Å². The summed E-state index contributed by atoms with van der Waals surface area (Å²) in [7, 11) is 0. The molecular formula is C46H74O16. The minimum atomic E-state index is -1.73. The first kappa shape index (κ1) is 47.2. The summed E-state index contributed by atoms with van der Waals surface area (Å²) in [5, 5.41) is 97.4. The zero-order valence-corrected chi connectivity index (χ0v) is 37.5. The topological polar surface area (TPSA) is 255 Å². The number of allylic oxidation sites excluding steroid dienone is 2. The van der Waals surface area contributed by atoms with Gasteiger partial charge in [0.1, 0.15) is 54.9 Å². The molecule has 8 aliphatic rings. The third-order valence-corrected chi connectivity index (χ3v) is 18.7. The fraction of sp³-hybridized carbons (Fsp3) is 0.935. The summed E-state index contributed by atoms with van der Waals surface area (Å²) in [6.07, 6.45) is -9.19. The first-order valence-electron chi connectivity index (χ1n) is 23.1. The van der Waals surface area contributed by atoms with Crippen molar-refractivity contribution in [3.8, 4) is 0 Å². The molecule has 5 aliphatic carbocycles. The van der Waals surface area contributed by atoms with Crippen molar-refractivity contribution in [3.05, 3.63) is 11.6 Å². The van der Waals surface area contributed by atoms with Gasteiger partial charge in [-0.3, -0.25) is 4.79 Å². The van der Waals surface area contributed by atoms with E-state index in [4.69, 9.17) is 28.4 Å². The Morgan fingerprint density at radius 2 is 1.35 bits per heavy atom. The van der Waals surface area contributed by atoms with Gasteiger partial charge in [0, 0.05) is 5.41 Å². The van der Waals surface area contributed by atoms with Crippen LogP contribution in [-0.2, 0) is 33.2 Å². The van der Waals surface area contributed by atoms with Crippen molar-refractivity contribution in [2.24, 2.45) is 50.2 Å². The summed E-state index contributed by atoms with van der Waals surface area (Å²) in [6, 6.07) is 0. The largest absolute Gasteiger partial charge is 0.481 e. The first-order valence-corrected chi connectivity index (χ1v) is 23.1. The molecule has 0 aromatic carbocycles. The predicted molar refractivity (Wildman–Crippen MR) is 219 cm³/mol. The summed E-state index contributed by atoms with van der Waals surface area (Å²) in [4.78, 5) is 13.1. The fourth-order valence-corrected chi connectivity index (χ4v) is 14.5. The number of hydrogen-bond acceptors (Lipinski definition) is 15. The van der Waals surface area contributed by atoms with E-state index in [1.807, 2.05) is 0 Å². The van der Waals surface area contributed by atoms with Crippen molar-refractivity contribution < 1.29 is 79.2 Å². The van der Waals surface area contributed by atoms with Gasteiger partial charge in [-0.25, -0.2) is 0 Å². The van der Waals surface area contributed by atoms with Crippen molar-refractivity contribution >= 4 is 5.97 Å². The van der Waals surface area contributed by atoms with Crippen molar-refractivity contribution in [1.29, 1.82) is 0 Å². The number of carboxylic acids is 1. The number of aliphatic carboxylic acids is 1. The van der Waals surface area contributed by atoms with Crippen LogP contribution >= 0.6 is 0 Å². The summed E-state index contributed by atoms with van der Waals surface area (Å²) in [5.41, 5.74) is -0.519. The quantitative estimate of drug-likeness (QED) is 0.125. The molecule has 3 heterocycles. The van der Waals surface area contributed by atoms with Gasteiger partial charge in [-0.15, -0.1) is 0 Å². The molecule has 0 spiro atoms. The lowest BCUT2D eigenvalue weighted by atomic mass is 9.33. The fourth-order valence-electron chi connectivity index (χ4n) is 14.5. The number of aliphatic hydroxyl groups excluding tert-OH is 8. The number of hydrogen-bond donors (Lipinski definition) is 9. The molecule has 354 valence electrons. The molecule has 16 nitrogen and oxygen atoms in total. The minimum absolute atomic E-state index is 0.00631. The summed E-state index contributed by atoms with van der Waals surface area (Å²) >= 11 is 0. The third-order valence-electron chi connectivity index (χ3n) is 18.7. The maximum absolute atomic E-state index is 13.1. The van der Waals surface area contributed by atoms with E-state index < -0.39 is 103 Å². The minimum Gasteiger partial charge on any atom is -0.481 e. The van der Waals surface area contributed by atoms with E-state index >= 15 is 0 Å². The van der Waals surface area contributed by atoms with Crippen molar-refractivity contribution in [2.75, 3.05) is 19.8 Å². The highest BCUT2D eigenvalue weighted by molar-refractivity contribution is 5.76. The Kier molecular flexibility index (Phi) is 12.5. The zero-order valence-electron chi connectivity index (χ0n) is 37.5. The lowest BCUT2D eigenvalue weighted by Gasteiger charge is -2.71. The predicted octanol–water partition coefficient (Wildman–Crippen LogP) is 1.98. The van der Waals surface area contributed by atoms with Crippen LogP contribution in [0.1, 0.15) is 113 Å². The number of rotatable bonds is 8. The number of ether oxygens (including phenoxy) is 6. The lowest BCUT2D eigenvalue weighted by Crippen LogP contribution is -2.67. The monoisotopic (exact) mass is 882 g/mol. The number of carbonyl (C=O) groups is 1. The normalized spacial score (nSPS) is 55.1. The van der Waals surface area contributed by atoms with Gasteiger partial charge in [0.05, 0.1) is 37.4 Å². The van der Waals surface area contributed by atoms with Gasteiger partial charge < -0.3 is 74.4 Å². The first-order chi connectivity index (χ1) is 29.0. The van der Waals surface area contributed by atoms with E-state index in [0.29, 0.717) is 19.3 Å². The molecule has 0 aromatic heterocycles. The van der Waals surface area contributed by atoms with Crippen LogP contribution in [-0.4, -0.2) is 158 Å². The Morgan fingerprint density at radius 1 is 0.710 bits per heavy atom. The van der Waals surface area contributed by atoms with Gasteiger partial charge >= 0.3 is 5.97 Å². The molecule has 0 amide bonds. The highest BCUT2D eigenvalue weighted by Gasteiger charge is 2.70. The maximum atomic E-state index is 13.1. The average Bonchev–Trinajstić information content (AvgIpc) is 3.21. The molecule has 3 saturated heterocycles. The Balaban J connectivity index is 1.02. The van der Waals surface area contributed by atoms with E-state index in [-0.39, 0.29) is 59.2 Å². The zero-order chi connectivity index (χ0) is 45.1. The van der Waals surface area contributed by atoms with Crippen molar-refractivity contribution in [3.63, 3.8) is 0 Å². The van der Waals surface area contributed by atoms with Gasteiger partial charge in [0.15, 0.2) is 18.9 Å². The van der Waals surface area contributed by atoms with Crippen LogP contribution in [0, 0.1) is 50.2 Å². The highest BCUT2D eigenvalue weighted by atomic mass is 16.8. The highest BCUT2D eigenvalue weighted by Crippen LogP contribution is 2.76. The molecule has 7 fully saturated rings. The molecule has 8 rings (SSSR count). The molecule has 4 saturated carbocycles. The Bertz CT molecular complexity index is 1690. The molecule has 0 aromatic rings. The van der Waals surface area contributed by atoms with Crippen molar-refractivity contribution in [1.82, 2.24) is 0 Å². The molecule has 0 radical (unpaired) electrons. The second-order valence-electron chi connectivity index (χ2n) is 22.4. The van der Waals surface area contributed by atoms with Crippen LogP contribution in [0.3, 0.4) is 0 Å². The summed E-state index contributed by atoms with van der Waals surface area (Å²) < 4.78 is 36.0. The molecule has 0 bridgehead atoms. The molecule has 3 aliphatic heterocycles. The Labute approximate surface area is 364 Å². The second kappa shape index (κ2) is 16.5. The molecular weight excluding hydrogens is 808 g/mol. The molecule has 62 heavy (non-hydrogen) atoms. The van der Waals surface area contributed by atoms with E-state index in [1.54, 1.807) is 0 Å². The van der Waals surface area contributed by atoms with E-state index in [1.165, 1.54) is 12.5 Å². The summed E-state index contributed by atoms with van der Waals surface area (Å²) in [6.45, 7) is 14.5. The lowest BCUT2D eigenvalue weighted by molar-refractivity contribution is -0.379. The standard InChI is InChI=1S/C46H74O16/c1-22-30(50)35(61-37-33(53)31(51)25(48)19-57-37)34(54)38(59-22)62-36-32(52)26(49)20-58-39(36)60-29-11-12-42(4)27(43(29,5)21-47)10-13-45(7)28(42)9-8-23-24-18-41(2,3)14-16-46(24,40(55)56)17-15-44(23,45)6/h8,22,24-39,47-54H,9-21H2,1-7H3,(H,55,56)/t22-,24-,25+,26-,27+,28+,29-,30-,31+,32-,33+,34+,35+,36+,37-,38-,39-,42-,43-,44+,45+,46-/m1/s1. The van der Waals surface area contributed by atoms with Crippen LogP contribution in [0.4, 0.5) is 0 Å². The van der Waals surface area contributed by atoms with Crippen LogP contribution in [0.15, 0.2) is 11.6 Å². The third kappa shape index (κ3) is 7.19. The number of fused-ring (bicyclic) bond motifs is 7. The van der Waals surface area contributed by atoms with Gasteiger partial charge in [-0.05, 0) is 111 Å². The van der Waals surface area contributed by atoms with E-state index in [9.17, 15) is 50.8 Å². The van der Waals surface area contributed by atoms with E-state index in [0.717, 1.165) is 44.9 Å². The number of carboxylic acid groups (broad SMARTS) is 1. The van der Waals surface area contributed by atoms with Crippen molar-refractivity contribution in [2.45, 2.75) is 199 Å². The molecule has 22 atom stereocenters. The average molecular weight is 883 g/mol. The van der Waals surface area contributed by atoms with Crippen LogP contribution < -0.4 is 0 Å². The van der Waals surface area contributed by atoms with Gasteiger partial charge in [-0.2, -0.15) is 0 Å². The van der Waals surface area contributed by atoms with Crippen LogP contribution in [0.5, 0.6) is 0 Å². The van der Waals surface area contributed by atoms with Crippen LogP contribution in [0.2, 0.25) is 0 Å². The molecule has 9 N–H and O–H groups in total. The molecule has 0 unspecified atom stereocenters. The number of aliphatic hydroxyl groups is 8. The summed E-state index contributed by atoms with van der Waals surface area (Å²) in [5.74, 6) is -0.342. The Hall–Kier alpha value is -1.35. The van der Waals surface area contributed by atoms with Gasteiger partial charge in [0.25, 0.3) is 0 Å². The van der Waals surface area contributed by atoms with E-state index in [2.05, 4.69) is 47.6 Å². The SMILES string of the molecule is C[C@H]1O[C@H](O[C@@H]2[C@@H](O[C@@H]3CC[C@]4(C)[C@H](CC[C@@]5(C)[C@H]4CC=C4[C@H]6CC(C)(C)CC[C@@]6(C(=O)O)CC[C@@]45C)[C@@]3(C)CO)OC[C@@H](O)[C@H]2O)[C@@H](O)[C@@H](O[C@H]2OC[C@H](O)[C@H](O)[C@@H]2O)[C@@H]1O. The Morgan fingerprint density at radius 3 is 2.03 bits per heavy atom. The van der Waals surface area contributed by atoms with Gasteiger partial charge in [-0.1, -0.05) is 53.2 Å². The molecule has 16 heteroatoms. The smallest absolute Gasteiger partial charge is 0.310 e. The second-order valence-corrected chi connectivity index (χ2v) is 22.4.